The van der Waals surface area contributed by atoms with Gasteiger partial charge in [-0.2, -0.15) is 0 Å². The Morgan fingerprint density at radius 3 is 0.816 bits per heavy atom. The normalized spacial score (nSPS) is 11.5. The Labute approximate surface area is 240 Å². The van der Waals surface area contributed by atoms with E-state index in [1.807, 2.05) is 0 Å². The average Bonchev–Trinajstić information content (AvgIpc) is 2.93. The van der Waals surface area contributed by atoms with Crippen molar-refractivity contribution in [1.29, 1.82) is 0 Å². The highest BCUT2D eigenvalue weighted by atomic mass is 79.9. The fraction of sp³-hybridized carbons (Fsp3) is 1.00. The van der Waals surface area contributed by atoms with Crippen LogP contribution < -0.4 is 0 Å². The van der Waals surface area contributed by atoms with Crippen LogP contribution in [0.3, 0.4) is 0 Å². The van der Waals surface area contributed by atoms with Crippen LogP contribution in [-0.2, 0) is 42.6 Å². The fourth-order valence-electron chi connectivity index (χ4n) is 3.25. The van der Waals surface area contributed by atoms with Crippen LogP contribution in [0.25, 0.3) is 0 Å². The molecule has 0 saturated heterocycles. The Kier molecular flexibility index (Phi) is 37.2. The van der Waals surface area contributed by atoms with E-state index >= 15 is 0 Å². The molecule has 0 fully saturated rings. The lowest BCUT2D eigenvalue weighted by atomic mass is 10.1. The summed E-state index contributed by atoms with van der Waals surface area (Å²) in [6.07, 6.45) is 10.6. The zero-order valence-electron chi connectivity index (χ0n) is 24.1. The Hall–Kier alpha value is 0.120. The Morgan fingerprint density at radius 2 is 0.526 bits per heavy atom. The van der Waals surface area contributed by atoms with Crippen LogP contribution in [0, 0.1) is 0 Å². The van der Waals surface area contributed by atoms with Gasteiger partial charge in [0.2, 0.25) is 0 Å². The van der Waals surface area contributed by atoms with Crippen LogP contribution in [0.1, 0.15) is 58.3 Å². The predicted octanol–water partition coefficient (Wildman–Crippen LogP) is 4.67. The van der Waals surface area contributed by atoms with Crippen molar-refractivity contribution in [3.63, 3.8) is 0 Å². The minimum Gasteiger partial charge on any atom is -0.379 e. The summed E-state index contributed by atoms with van der Waals surface area (Å²) in [7, 11) is 0. The van der Waals surface area contributed by atoms with E-state index in [9.17, 15) is 0 Å². The first-order valence-corrected chi connectivity index (χ1v) is 15.8. The van der Waals surface area contributed by atoms with Gasteiger partial charge in [0.05, 0.1) is 112 Å². The first-order valence-electron chi connectivity index (χ1n) is 14.7. The van der Waals surface area contributed by atoms with Crippen molar-refractivity contribution < 1.29 is 42.6 Å². The van der Waals surface area contributed by atoms with Gasteiger partial charge in [-0.3, -0.25) is 0 Å². The van der Waals surface area contributed by atoms with Crippen LogP contribution in [0.2, 0.25) is 0 Å². The lowest BCUT2D eigenvalue weighted by Crippen LogP contribution is -2.15. The third-order valence-corrected chi connectivity index (χ3v) is 5.66. The molecule has 230 valence electrons. The van der Waals surface area contributed by atoms with E-state index in [1.165, 1.54) is 44.9 Å². The summed E-state index contributed by atoms with van der Waals surface area (Å²) in [6, 6.07) is 0. The standard InChI is InChI=1S/C28H57BrO9/c1-2-3-4-5-6-7-8-9-11-30-13-15-32-17-19-34-21-23-36-25-27-38-28-26-37-24-22-35-20-18-33-16-14-31-12-10-29/h2-28H2,1H3. The van der Waals surface area contributed by atoms with Gasteiger partial charge in [-0.05, 0) is 6.42 Å². The van der Waals surface area contributed by atoms with E-state index in [-0.39, 0.29) is 0 Å². The molecule has 0 amide bonds. The van der Waals surface area contributed by atoms with E-state index < -0.39 is 0 Å². The molecule has 0 saturated carbocycles. The molecule has 0 aliphatic heterocycles. The molecule has 0 aromatic heterocycles. The van der Waals surface area contributed by atoms with Crippen LogP contribution in [0.15, 0.2) is 0 Å². The van der Waals surface area contributed by atoms with E-state index in [0.29, 0.717) is 112 Å². The molecule has 0 aliphatic rings. The van der Waals surface area contributed by atoms with Crippen molar-refractivity contribution in [1.82, 2.24) is 0 Å². The first kappa shape index (κ1) is 38.1. The molecular formula is C28H57BrO9. The average molecular weight is 618 g/mol. The smallest absolute Gasteiger partial charge is 0.0701 e. The lowest BCUT2D eigenvalue weighted by molar-refractivity contribution is -0.0248. The molecule has 0 aliphatic carbocycles. The molecule has 38 heavy (non-hydrogen) atoms. The lowest BCUT2D eigenvalue weighted by Gasteiger charge is -2.09. The van der Waals surface area contributed by atoms with Crippen LogP contribution in [-0.4, -0.2) is 124 Å². The molecule has 0 atom stereocenters. The maximum atomic E-state index is 5.61. The van der Waals surface area contributed by atoms with Crippen LogP contribution >= 0.6 is 15.9 Å². The van der Waals surface area contributed by atoms with Gasteiger partial charge >= 0.3 is 0 Å². The SMILES string of the molecule is CCCCCCCCCCOCCOCCOCCOCCOCCOCCOCCOCCOCCBr. The van der Waals surface area contributed by atoms with Gasteiger partial charge < -0.3 is 42.6 Å². The molecule has 0 radical (unpaired) electrons. The number of rotatable bonds is 35. The van der Waals surface area contributed by atoms with Crippen molar-refractivity contribution >= 4 is 15.9 Å². The number of halogens is 1. The highest BCUT2D eigenvalue weighted by molar-refractivity contribution is 9.09. The summed E-state index contributed by atoms with van der Waals surface area (Å²) >= 11 is 3.30. The van der Waals surface area contributed by atoms with Crippen molar-refractivity contribution in [3.05, 3.63) is 0 Å². The third kappa shape index (κ3) is 36.1. The molecule has 0 aromatic rings. The number of alkyl halides is 1. The monoisotopic (exact) mass is 616 g/mol. The van der Waals surface area contributed by atoms with Crippen LogP contribution in [0.5, 0.6) is 0 Å². The van der Waals surface area contributed by atoms with Gasteiger partial charge in [0, 0.05) is 11.9 Å². The quantitative estimate of drug-likeness (QED) is 0.0745. The minimum atomic E-state index is 0.539. The summed E-state index contributed by atoms with van der Waals surface area (Å²) in [5.74, 6) is 0. The predicted molar refractivity (Wildman–Crippen MR) is 154 cm³/mol. The summed E-state index contributed by atoms with van der Waals surface area (Å²) in [6.45, 7) is 12.9. The van der Waals surface area contributed by atoms with E-state index in [4.69, 9.17) is 42.6 Å². The summed E-state index contributed by atoms with van der Waals surface area (Å²) < 4.78 is 49.1. The fourth-order valence-corrected chi connectivity index (χ4v) is 3.48. The summed E-state index contributed by atoms with van der Waals surface area (Å²) in [4.78, 5) is 0. The Balaban J connectivity index is 3.01. The summed E-state index contributed by atoms with van der Waals surface area (Å²) in [5, 5.41) is 0.845. The molecule has 0 bridgehead atoms. The van der Waals surface area contributed by atoms with E-state index in [2.05, 4.69) is 22.9 Å². The van der Waals surface area contributed by atoms with E-state index in [0.717, 1.165) is 18.4 Å². The summed E-state index contributed by atoms with van der Waals surface area (Å²) in [5.41, 5.74) is 0. The topological polar surface area (TPSA) is 83.1 Å². The van der Waals surface area contributed by atoms with Gasteiger partial charge in [-0.25, -0.2) is 0 Å². The number of hydrogen-bond donors (Lipinski definition) is 0. The number of unbranched alkanes of at least 4 members (excludes halogenated alkanes) is 7. The molecular weight excluding hydrogens is 560 g/mol. The first-order chi connectivity index (χ1) is 18.9. The second-order valence-electron chi connectivity index (χ2n) is 8.68. The largest absolute Gasteiger partial charge is 0.379 e. The van der Waals surface area contributed by atoms with Gasteiger partial charge in [-0.1, -0.05) is 67.8 Å². The molecule has 0 heterocycles. The van der Waals surface area contributed by atoms with Crippen molar-refractivity contribution in [3.8, 4) is 0 Å². The maximum absolute atomic E-state index is 5.61. The van der Waals surface area contributed by atoms with Gasteiger partial charge in [0.15, 0.2) is 0 Å². The molecule has 10 heteroatoms. The van der Waals surface area contributed by atoms with Gasteiger partial charge in [-0.15, -0.1) is 0 Å². The molecule has 0 rings (SSSR count). The third-order valence-electron chi connectivity index (χ3n) is 5.34. The zero-order valence-corrected chi connectivity index (χ0v) is 25.7. The van der Waals surface area contributed by atoms with Crippen LogP contribution in [0.4, 0.5) is 0 Å². The van der Waals surface area contributed by atoms with Crippen molar-refractivity contribution in [2.24, 2.45) is 0 Å². The maximum Gasteiger partial charge on any atom is 0.0701 e. The van der Waals surface area contributed by atoms with E-state index in [1.54, 1.807) is 0 Å². The second kappa shape index (κ2) is 37.1. The Bertz CT molecular complexity index is 373. The van der Waals surface area contributed by atoms with Gasteiger partial charge in [0.1, 0.15) is 0 Å². The molecule has 0 unspecified atom stereocenters. The molecule has 9 nitrogen and oxygen atoms in total. The van der Waals surface area contributed by atoms with Crippen molar-refractivity contribution in [2.45, 2.75) is 58.3 Å². The second-order valence-corrected chi connectivity index (χ2v) is 9.47. The minimum absolute atomic E-state index is 0.539. The molecule has 0 aromatic carbocycles. The highest BCUT2D eigenvalue weighted by Gasteiger charge is 1.96. The van der Waals surface area contributed by atoms with Gasteiger partial charge in [0.25, 0.3) is 0 Å². The molecule has 0 N–H and O–H groups in total. The number of hydrogen-bond acceptors (Lipinski definition) is 9. The van der Waals surface area contributed by atoms with Crippen molar-refractivity contribution in [2.75, 3.05) is 124 Å². The zero-order chi connectivity index (χ0) is 27.5. The molecule has 0 spiro atoms. The number of ether oxygens (including phenoxy) is 9. The highest BCUT2D eigenvalue weighted by Crippen LogP contribution is 2.08. The Morgan fingerprint density at radius 1 is 0.289 bits per heavy atom.